The molecule has 6 nitrogen and oxygen atoms in total. The second-order valence-corrected chi connectivity index (χ2v) is 4.67. The molecule has 6 heteroatoms. The topological polar surface area (TPSA) is 78.5 Å². The van der Waals surface area contributed by atoms with Crippen LogP contribution in [0.1, 0.15) is 12.0 Å². The molecule has 2 aromatic heterocycles. The molecule has 1 amide bonds. The zero-order valence-corrected chi connectivity index (χ0v) is 11.1. The summed E-state index contributed by atoms with van der Waals surface area (Å²) in [6.45, 7) is 0.936. The van der Waals surface area contributed by atoms with Gasteiger partial charge < -0.3 is 19.7 Å². The number of hydrogen-bond donors (Lipinski definition) is 2. The molecule has 0 saturated carbocycles. The summed E-state index contributed by atoms with van der Waals surface area (Å²) in [6, 6.07) is 0. The van der Waals surface area contributed by atoms with Crippen LogP contribution < -0.4 is 4.74 Å². The summed E-state index contributed by atoms with van der Waals surface area (Å²) in [5.41, 5.74) is 3.11. The van der Waals surface area contributed by atoms with Crippen molar-refractivity contribution in [3.05, 3.63) is 30.2 Å². The number of nitrogens with zero attached hydrogens (tertiary/aromatic N) is 2. The van der Waals surface area contributed by atoms with E-state index in [0.29, 0.717) is 19.5 Å². The fraction of sp³-hybridized carbons (Fsp3) is 0.286. The van der Waals surface area contributed by atoms with Crippen molar-refractivity contribution < 1.29 is 14.6 Å². The number of hydrogen-bond acceptors (Lipinski definition) is 3. The molecule has 0 bridgehead atoms. The van der Waals surface area contributed by atoms with Crippen molar-refractivity contribution >= 4 is 22.6 Å². The fourth-order valence-corrected chi connectivity index (χ4v) is 2.55. The molecule has 104 valence electrons. The van der Waals surface area contributed by atoms with Crippen molar-refractivity contribution in [2.45, 2.75) is 6.42 Å². The summed E-state index contributed by atoms with van der Waals surface area (Å²) in [5.74, 6) is 0.723. The van der Waals surface area contributed by atoms with E-state index in [4.69, 9.17) is 9.84 Å². The Morgan fingerprint density at radius 3 is 3.00 bits per heavy atom. The predicted molar refractivity (Wildman–Crippen MR) is 74.8 cm³/mol. The average Bonchev–Trinajstić information content (AvgIpc) is 2.91. The summed E-state index contributed by atoms with van der Waals surface area (Å²) in [6.07, 6.45) is 7.16. The van der Waals surface area contributed by atoms with Crippen LogP contribution in [0.25, 0.3) is 16.5 Å². The zero-order valence-electron chi connectivity index (χ0n) is 11.1. The quantitative estimate of drug-likeness (QED) is 0.880. The number of fused-ring (bicyclic) bond motifs is 1. The van der Waals surface area contributed by atoms with Crippen LogP contribution in [-0.4, -0.2) is 46.3 Å². The Morgan fingerprint density at radius 1 is 1.50 bits per heavy atom. The first-order valence-corrected chi connectivity index (χ1v) is 6.37. The van der Waals surface area contributed by atoms with E-state index in [1.165, 1.54) is 4.90 Å². The number of ether oxygens (including phenoxy) is 1. The highest BCUT2D eigenvalue weighted by molar-refractivity contribution is 5.96. The van der Waals surface area contributed by atoms with E-state index in [-0.39, 0.29) is 0 Å². The van der Waals surface area contributed by atoms with E-state index in [2.05, 4.69) is 9.97 Å². The molecule has 0 fully saturated rings. The van der Waals surface area contributed by atoms with Crippen molar-refractivity contribution in [3.63, 3.8) is 0 Å². The molecule has 0 spiro atoms. The van der Waals surface area contributed by atoms with Gasteiger partial charge in [0.2, 0.25) is 0 Å². The molecule has 0 aliphatic carbocycles. The molecule has 0 unspecified atom stereocenters. The molecule has 3 rings (SSSR count). The first-order valence-electron chi connectivity index (χ1n) is 6.37. The van der Waals surface area contributed by atoms with Crippen LogP contribution in [0, 0.1) is 0 Å². The van der Waals surface area contributed by atoms with Gasteiger partial charge in [-0.3, -0.25) is 4.98 Å². The van der Waals surface area contributed by atoms with Gasteiger partial charge >= 0.3 is 6.09 Å². The van der Waals surface area contributed by atoms with Crippen LogP contribution in [0.2, 0.25) is 0 Å². The van der Waals surface area contributed by atoms with Crippen molar-refractivity contribution in [2.75, 3.05) is 20.2 Å². The van der Waals surface area contributed by atoms with Gasteiger partial charge in [-0.1, -0.05) is 6.08 Å². The molecule has 1 aliphatic heterocycles. The SMILES string of the molecule is COc1cncc2[nH]cc(C3=CCN(C(=O)O)CC3)c12. The largest absolute Gasteiger partial charge is 0.494 e. The zero-order chi connectivity index (χ0) is 14.1. The summed E-state index contributed by atoms with van der Waals surface area (Å²) in [5, 5.41) is 9.97. The maximum atomic E-state index is 10.9. The van der Waals surface area contributed by atoms with Gasteiger partial charge in [0.1, 0.15) is 5.75 Å². The van der Waals surface area contributed by atoms with Gasteiger partial charge in [-0.05, 0) is 12.0 Å². The molecule has 20 heavy (non-hydrogen) atoms. The highest BCUT2D eigenvalue weighted by Gasteiger charge is 2.19. The highest BCUT2D eigenvalue weighted by atomic mass is 16.5. The molecule has 0 aromatic carbocycles. The number of carbonyl (C=O) groups is 1. The van der Waals surface area contributed by atoms with Crippen molar-refractivity contribution in [2.24, 2.45) is 0 Å². The lowest BCUT2D eigenvalue weighted by Gasteiger charge is -2.23. The molecule has 0 atom stereocenters. The van der Waals surface area contributed by atoms with E-state index in [0.717, 1.165) is 27.8 Å². The third-order valence-electron chi connectivity index (χ3n) is 3.60. The number of pyridine rings is 1. The van der Waals surface area contributed by atoms with Gasteiger partial charge in [0, 0.05) is 24.8 Å². The maximum Gasteiger partial charge on any atom is 0.407 e. The number of methoxy groups -OCH3 is 1. The Kier molecular flexibility index (Phi) is 3.06. The van der Waals surface area contributed by atoms with E-state index in [1.54, 1.807) is 19.5 Å². The van der Waals surface area contributed by atoms with Crippen LogP contribution in [0.4, 0.5) is 4.79 Å². The first-order chi connectivity index (χ1) is 9.70. The van der Waals surface area contributed by atoms with Gasteiger partial charge in [0.25, 0.3) is 0 Å². The van der Waals surface area contributed by atoms with E-state index >= 15 is 0 Å². The van der Waals surface area contributed by atoms with Gasteiger partial charge in [-0.2, -0.15) is 0 Å². The van der Waals surface area contributed by atoms with Crippen LogP contribution in [0.15, 0.2) is 24.7 Å². The molecular formula is C14H15N3O3. The minimum atomic E-state index is -0.874. The average molecular weight is 273 g/mol. The van der Waals surface area contributed by atoms with Crippen LogP contribution in [0.5, 0.6) is 5.75 Å². The summed E-state index contributed by atoms with van der Waals surface area (Å²) in [7, 11) is 1.62. The third kappa shape index (κ3) is 1.99. The molecule has 2 N–H and O–H groups in total. The smallest absolute Gasteiger partial charge is 0.407 e. The number of amides is 1. The number of carboxylic acid groups (broad SMARTS) is 1. The Balaban J connectivity index is 2.01. The summed E-state index contributed by atoms with van der Waals surface area (Å²) < 4.78 is 5.36. The molecule has 2 aromatic rings. The van der Waals surface area contributed by atoms with Crippen molar-refractivity contribution in [3.8, 4) is 5.75 Å². The fourth-order valence-electron chi connectivity index (χ4n) is 2.55. The van der Waals surface area contributed by atoms with Crippen molar-refractivity contribution in [1.82, 2.24) is 14.9 Å². The summed E-state index contributed by atoms with van der Waals surface area (Å²) >= 11 is 0. The second-order valence-electron chi connectivity index (χ2n) is 4.67. The van der Waals surface area contributed by atoms with Gasteiger partial charge in [0.05, 0.1) is 30.4 Å². The Morgan fingerprint density at radius 2 is 2.35 bits per heavy atom. The predicted octanol–water partition coefficient (Wildman–Crippen LogP) is 2.34. The number of nitrogens with one attached hydrogen (secondary N) is 1. The number of H-pyrrole nitrogens is 1. The van der Waals surface area contributed by atoms with Crippen molar-refractivity contribution in [1.29, 1.82) is 0 Å². The molecule has 0 saturated heterocycles. The third-order valence-corrected chi connectivity index (χ3v) is 3.60. The maximum absolute atomic E-state index is 10.9. The van der Waals surface area contributed by atoms with Crippen LogP contribution in [-0.2, 0) is 0 Å². The van der Waals surface area contributed by atoms with Gasteiger partial charge in [-0.15, -0.1) is 0 Å². The number of aromatic nitrogens is 2. The minimum absolute atomic E-state index is 0.421. The molecule has 3 heterocycles. The monoisotopic (exact) mass is 273 g/mol. The van der Waals surface area contributed by atoms with E-state index < -0.39 is 6.09 Å². The minimum Gasteiger partial charge on any atom is -0.494 e. The standard InChI is InChI=1S/C14H15N3O3/c1-20-12-8-15-7-11-13(12)10(6-16-11)9-2-4-17(5-3-9)14(18)19/h2,6-8,16H,3-5H2,1H3,(H,18,19). The van der Waals surface area contributed by atoms with Gasteiger partial charge in [0.15, 0.2) is 0 Å². The first kappa shape index (κ1) is 12.5. The summed E-state index contributed by atoms with van der Waals surface area (Å²) in [4.78, 5) is 19.6. The van der Waals surface area contributed by atoms with E-state index in [9.17, 15) is 4.79 Å². The lowest BCUT2D eigenvalue weighted by atomic mass is 9.99. The number of aromatic amines is 1. The van der Waals surface area contributed by atoms with Gasteiger partial charge in [-0.25, -0.2) is 4.79 Å². The lowest BCUT2D eigenvalue weighted by molar-refractivity contribution is 0.150. The molecule has 0 radical (unpaired) electrons. The van der Waals surface area contributed by atoms with Crippen LogP contribution >= 0.6 is 0 Å². The highest BCUT2D eigenvalue weighted by Crippen LogP contribution is 2.34. The second kappa shape index (κ2) is 4.88. The van der Waals surface area contributed by atoms with E-state index in [1.807, 2.05) is 12.3 Å². The molecule has 1 aliphatic rings. The Labute approximate surface area is 115 Å². The Hall–Kier alpha value is -2.50. The Bertz CT molecular complexity index is 690. The normalized spacial score (nSPS) is 15.2. The molecular weight excluding hydrogens is 258 g/mol. The lowest BCUT2D eigenvalue weighted by Crippen LogP contribution is -2.33. The number of rotatable bonds is 2. The van der Waals surface area contributed by atoms with Crippen LogP contribution in [0.3, 0.4) is 0 Å².